The van der Waals surface area contributed by atoms with E-state index in [1.807, 2.05) is 19.2 Å². The van der Waals surface area contributed by atoms with Gasteiger partial charge in [0, 0.05) is 44.3 Å². The second-order valence-electron chi connectivity index (χ2n) is 9.65. The first kappa shape index (κ1) is 26.4. The Morgan fingerprint density at radius 1 is 1.00 bits per heavy atom. The van der Waals surface area contributed by atoms with Crippen molar-refractivity contribution in [1.82, 2.24) is 15.5 Å². The number of methoxy groups -OCH3 is 1. The topological polar surface area (TPSA) is 58.1 Å². The summed E-state index contributed by atoms with van der Waals surface area (Å²) < 4.78 is 12.0. The Morgan fingerprint density at radius 2 is 1.70 bits per heavy atom. The molecule has 0 radical (unpaired) electrons. The van der Waals surface area contributed by atoms with E-state index >= 15 is 0 Å². The van der Waals surface area contributed by atoms with Crippen molar-refractivity contribution in [1.29, 1.82) is 0 Å². The third kappa shape index (κ3) is 7.38. The zero-order valence-electron chi connectivity index (χ0n) is 20.5. The minimum Gasteiger partial charge on any atom is -0.493 e. The molecular formula is C26H43IN4O2. The largest absolute Gasteiger partial charge is 0.493 e. The number of para-hydroxylation sites is 1. The van der Waals surface area contributed by atoms with Gasteiger partial charge < -0.3 is 25.0 Å². The zero-order chi connectivity index (χ0) is 22.2. The summed E-state index contributed by atoms with van der Waals surface area (Å²) >= 11 is 0. The van der Waals surface area contributed by atoms with Gasteiger partial charge in [-0.25, -0.2) is 0 Å². The molecule has 1 aromatic rings. The molecule has 0 bridgehead atoms. The minimum atomic E-state index is 0. The van der Waals surface area contributed by atoms with Crippen LogP contribution in [0, 0.1) is 0 Å². The van der Waals surface area contributed by atoms with E-state index < -0.39 is 0 Å². The van der Waals surface area contributed by atoms with E-state index in [0.717, 1.165) is 41.9 Å². The molecule has 1 heterocycles. The van der Waals surface area contributed by atoms with Crippen molar-refractivity contribution >= 4 is 29.9 Å². The van der Waals surface area contributed by atoms with Gasteiger partial charge in [0.15, 0.2) is 17.5 Å². The van der Waals surface area contributed by atoms with Crippen LogP contribution in [0.2, 0.25) is 0 Å². The summed E-state index contributed by atoms with van der Waals surface area (Å²) in [6.07, 6.45) is 14.5. The number of nitrogens with one attached hydrogen (secondary N) is 2. The van der Waals surface area contributed by atoms with Gasteiger partial charge in [-0.15, -0.1) is 24.0 Å². The SMILES string of the molecule is CN=C(NCc1cccc(OC)c1OC1CCCC1)NC1CCN(C2CCCCC2)CC1.I. The van der Waals surface area contributed by atoms with Crippen LogP contribution in [0.4, 0.5) is 0 Å². The second-order valence-corrected chi connectivity index (χ2v) is 9.65. The summed E-state index contributed by atoms with van der Waals surface area (Å²) in [5.41, 5.74) is 1.12. The molecule has 1 aromatic carbocycles. The lowest BCUT2D eigenvalue weighted by atomic mass is 9.92. The summed E-state index contributed by atoms with van der Waals surface area (Å²) in [4.78, 5) is 7.22. The summed E-state index contributed by atoms with van der Waals surface area (Å²) in [5, 5.41) is 7.17. The highest BCUT2D eigenvalue weighted by molar-refractivity contribution is 14.0. The molecule has 186 valence electrons. The first-order chi connectivity index (χ1) is 15.8. The predicted octanol–water partition coefficient (Wildman–Crippen LogP) is 5.10. The number of halogens is 1. The minimum absolute atomic E-state index is 0. The molecular weight excluding hydrogens is 527 g/mol. The third-order valence-electron chi connectivity index (χ3n) is 7.50. The Bertz CT molecular complexity index is 740. The van der Waals surface area contributed by atoms with Crippen LogP contribution in [0.15, 0.2) is 23.2 Å². The van der Waals surface area contributed by atoms with Gasteiger partial charge in [0.1, 0.15) is 0 Å². The molecule has 7 heteroatoms. The summed E-state index contributed by atoms with van der Waals surface area (Å²) in [6.45, 7) is 3.07. The van der Waals surface area contributed by atoms with Crippen LogP contribution in [0.1, 0.15) is 76.2 Å². The number of piperidine rings is 1. The number of hydrogen-bond acceptors (Lipinski definition) is 4. The van der Waals surface area contributed by atoms with Gasteiger partial charge in [-0.2, -0.15) is 0 Å². The molecule has 3 aliphatic rings. The van der Waals surface area contributed by atoms with E-state index in [2.05, 4.69) is 26.6 Å². The lowest BCUT2D eigenvalue weighted by molar-refractivity contribution is 0.119. The molecule has 0 amide bonds. The van der Waals surface area contributed by atoms with Gasteiger partial charge in [0.2, 0.25) is 0 Å². The number of aliphatic imine (C=N–C) groups is 1. The highest BCUT2D eigenvalue weighted by Crippen LogP contribution is 2.35. The Kier molecular flexibility index (Phi) is 10.9. The standard InChI is InChI=1S/C26H42N4O2.HI/c1-27-26(29-21-15-17-30(18-16-21)22-10-4-3-5-11-22)28-19-20-9-8-14-24(31-2)25(20)32-23-12-6-7-13-23;/h8-9,14,21-23H,3-7,10-13,15-19H2,1-2H3,(H2,27,28,29);1H. The maximum Gasteiger partial charge on any atom is 0.191 e. The first-order valence-electron chi connectivity index (χ1n) is 12.8. The van der Waals surface area contributed by atoms with Gasteiger partial charge in [-0.1, -0.05) is 31.4 Å². The predicted molar refractivity (Wildman–Crippen MR) is 146 cm³/mol. The maximum atomic E-state index is 6.38. The molecule has 33 heavy (non-hydrogen) atoms. The average molecular weight is 571 g/mol. The molecule has 3 fully saturated rings. The number of benzene rings is 1. The van der Waals surface area contributed by atoms with Gasteiger partial charge in [0.25, 0.3) is 0 Å². The number of guanidine groups is 1. The number of rotatable bonds is 7. The smallest absolute Gasteiger partial charge is 0.191 e. The van der Waals surface area contributed by atoms with E-state index in [4.69, 9.17) is 9.47 Å². The fraction of sp³-hybridized carbons (Fsp3) is 0.731. The lowest BCUT2D eigenvalue weighted by Gasteiger charge is -2.39. The highest BCUT2D eigenvalue weighted by Gasteiger charge is 2.26. The quantitative estimate of drug-likeness (QED) is 0.272. The van der Waals surface area contributed by atoms with Crippen molar-refractivity contribution in [3.05, 3.63) is 23.8 Å². The summed E-state index contributed by atoms with van der Waals surface area (Å²) in [6, 6.07) is 7.46. The van der Waals surface area contributed by atoms with Gasteiger partial charge in [-0.3, -0.25) is 4.99 Å². The molecule has 0 spiro atoms. The molecule has 6 nitrogen and oxygen atoms in total. The molecule has 0 atom stereocenters. The van der Waals surface area contributed by atoms with E-state index in [-0.39, 0.29) is 24.0 Å². The van der Waals surface area contributed by atoms with Crippen LogP contribution in [0.3, 0.4) is 0 Å². The lowest BCUT2D eigenvalue weighted by Crippen LogP contribution is -2.50. The van der Waals surface area contributed by atoms with E-state index in [9.17, 15) is 0 Å². The Hall–Kier alpha value is -1.22. The van der Waals surface area contributed by atoms with E-state index in [1.54, 1.807) is 7.11 Å². The molecule has 1 saturated heterocycles. The van der Waals surface area contributed by atoms with Crippen LogP contribution in [-0.4, -0.2) is 56.3 Å². The van der Waals surface area contributed by atoms with Crippen LogP contribution in [0.5, 0.6) is 11.5 Å². The normalized spacial score (nSPS) is 21.5. The molecule has 2 saturated carbocycles. The van der Waals surface area contributed by atoms with Crippen molar-refractivity contribution in [3.8, 4) is 11.5 Å². The van der Waals surface area contributed by atoms with Gasteiger partial charge in [0.05, 0.1) is 13.2 Å². The second kappa shape index (κ2) is 13.6. The van der Waals surface area contributed by atoms with E-state index in [0.29, 0.717) is 18.7 Å². The fourth-order valence-corrected chi connectivity index (χ4v) is 5.59. The molecule has 2 N–H and O–H groups in total. The van der Waals surface area contributed by atoms with E-state index in [1.165, 1.54) is 70.9 Å². The summed E-state index contributed by atoms with van der Waals surface area (Å²) in [5.74, 6) is 2.57. The Balaban J connectivity index is 0.00000306. The molecule has 2 aliphatic carbocycles. The molecule has 1 aliphatic heterocycles. The van der Waals surface area contributed by atoms with Crippen molar-refractivity contribution < 1.29 is 9.47 Å². The molecule has 0 aromatic heterocycles. The van der Waals surface area contributed by atoms with Crippen molar-refractivity contribution in [3.63, 3.8) is 0 Å². The Morgan fingerprint density at radius 3 is 2.36 bits per heavy atom. The summed E-state index contributed by atoms with van der Waals surface area (Å²) in [7, 11) is 3.57. The Labute approximate surface area is 217 Å². The monoisotopic (exact) mass is 570 g/mol. The molecule has 4 rings (SSSR count). The fourth-order valence-electron chi connectivity index (χ4n) is 5.59. The average Bonchev–Trinajstić information content (AvgIpc) is 3.36. The maximum absolute atomic E-state index is 6.38. The number of likely N-dealkylation sites (tertiary alicyclic amines) is 1. The third-order valence-corrected chi connectivity index (χ3v) is 7.50. The zero-order valence-corrected chi connectivity index (χ0v) is 22.8. The van der Waals surface area contributed by atoms with Crippen molar-refractivity contribution in [2.24, 2.45) is 4.99 Å². The van der Waals surface area contributed by atoms with Crippen LogP contribution in [0.25, 0.3) is 0 Å². The van der Waals surface area contributed by atoms with Crippen LogP contribution in [-0.2, 0) is 6.54 Å². The number of hydrogen-bond donors (Lipinski definition) is 2. The van der Waals surface area contributed by atoms with Gasteiger partial charge >= 0.3 is 0 Å². The molecule has 0 unspecified atom stereocenters. The number of ether oxygens (including phenoxy) is 2. The van der Waals surface area contributed by atoms with Crippen molar-refractivity contribution in [2.45, 2.75) is 95.4 Å². The number of nitrogens with zero attached hydrogens (tertiary/aromatic N) is 2. The van der Waals surface area contributed by atoms with Gasteiger partial charge in [-0.05, 0) is 57.4 Å². The van der Waals surface area contributed by atoms with Crippen LogP contribution >= 0.6 is 24.0 Å². The first-order valence-corrected chi connectivity index (χ1v) is 12.8. The van der Waals surface area contributed by atoms with Crippen molar-refractivity contribution in [2.75, 3.05) is 27.2 Å². The highest BCUT2D eigenvalue weighted by atomic mass is 127. The van der Waals surface area contributed by atoms with Crippen LogP contribution < -0.4 is 20.1 Å².